The average molecular weight is 259 g/mol. The van der Waals surface area contributed by atoms with Crippen molar-refractivity contribution in [3.63, 3.8) is 0 Å². The lowest BCUT2D eigenvalue weighted by molar-refractivity contribution is 0.303. The van der Waals surface area contributed by atoms with E-state index in [1.807, 2.05) is 31.3 Å². The number of benzene rings is 1. The lowest BCUT2D eigenvalue weighted by Crippen LogP contribution is -2.32. The molecule has 0 saturated carbocycles. The van der Waals surface area contributed by atoms with Gasteiger partial charge in [0, 0.05) is 12.3 Å². The van der Waals surface area contributed by atoms with Gasteiger partial charge in [-0.2, -0.15) is 0 Å². The topological polar surface area (TPSA) is 50.4 Å². The van der Waals surface area contributed by atoms with Crippen molar-refractivity contribution in [1.82, 2.24) is 9.97 Å². The van der Waals surface area contributed by atoms with Crippen LogP contribution in [0.15, 0.2) is 30.7 Å². The zero-order valence-corrected chi connectivity index (χ0v) is 10.9. The first-order valence-electron chi connectivity index (χ1n) is 6.48. The smallest absolute Gasteiger partial charge is 0.142 e. The molecule has 0 fully saturated rings. The molecule has 1 aliphatic rings. The summed E-state index contributed by atoms with van der Waals surface area (Å²) in [5.74, 6) is 1.79. The zero-order valence-electron chi connectivity index (χ0n) is 10.9. The Morgan fingerprint density at radius 3 is 3.21 bits per heavy atom. The zero-order chi connectivity index (χ0) is 13.1. The Morgan fingerprint density at radius 2 is 2.42 bits per heavy atom. The van der Waals surface area contributed by atoms with Gasteiger partial charge in [0.05, 0.1) is 37.4 Å². The van der Waals surface area contributed by atoms with E-state index in [2.05, 4.69) is 14.9 Å². The fourth-order valence-electron chi connectivity index (χ4n) is 2.25. The van der Waals surface area contributed by atoms with Crippen molar-refractivity contribution >= 4 is 5.69 Å². The number of anilines is 1. The normalized spacial score (nSPS) is 13.8. The Hall–Kier alpha value is -2.17. The Bertz CT molecular complexity index is 540. The Kier molecular flexibility index (Phi) is 3.27. The van der Waals surface area contributed by atoms with E-state index in [9.17, 15) is 0 Å². The van der Waals surface area contributed by atoms with E-state index >= 15 is 0 Å². The maximum Gasteiger partial charge on any atom is 0.142 e. The van der Waals surface area contributed by atoms with Crippen LogP contribution in [0.1, 0.15) is 12.6 Å². The Balaban J connectivity index is 1.86. The first-order chi connectivity index (χ1) is 9.36. The molecule has 2 heterocycles. The molecule has 1 aromatic carbocycles. The van der Waals surface area contributed by atoms with Gasteiger partial charge >= 0.3 is 0 Å². The summed E-state index contributed by atoms with van der Waals surface area (Å²) in [5.41, 5.74) is 2.17. The average Bonchev–Trinajstić information content (AvgIpc) is 2.93. The van der Waals surface area contributed by atoms with Crippen LogP contribution < -0.4 is 14.4 Å². The van der Waals surface area contributed by atoms with Gasteiger partial charge in [-0.15, -0.1) is 0 Å². The molecule has 1 N–H and O–H groups in total. The summed E-state index contributed by atoms with van der Waals surface area (Å²) < 4.78 is 11.2. The monoisotopic (exact) mass is 259 g/mol. The minimum atomic E-state index is 0.667. The lowest BCUT2D eigenvalue weighted by Gasteiger charge is -2.31. The second kappa shape index (κ2) is 5.22. The quantitative estimate of drug-likeness (QED) is 0.914. The van der Waals surface area contributed by atoms with Crippen molar-refractivity contribution in [2.24, 2.45) is 0 Å². The van der Waals surface area contributed by atoms with Crippen molar-refractivity contribution in [2.45, 2.75) is 13.5 Å². The molecule has 100 valence electrons. The highest BCUT2D eigenvalue weighted by atomic mass is 16.5. The Labute approximate surface area is 112 Å². The minimum Gasteiger partial charge on any atom is -0.494 e. The van der Waals surface area contributed by atoms with Gasteiger partial charge in [0.1, 0.15) is 18.1 Å². The summed E-state index contributed by atoms with van der Waals surface area (Å²) in [4.78, 5) is 9.46. The highest BCUT2D eigenvalue weighted by Gasteiger charge is 2.19. The number of H-pyrrole nitrogens is 1. The van der Waals surface area contributed by atoms with Crippen molar-refractivity contribution in [2.75, 3.05) is 24.7 Å². The molecule has 0 amide bonds. The van der Waals surface area contributed by atoms with Crippen molar-refractivity contribution in [1.29, 1.82) is 0 Å². The Morgan fingerprint density at radius 1 is 1.47 bits per heavy atom. The van der Waals surface area contributed by atoms with Gasteiger partial charge in [-0.05, 0) is 19.1 Å². The molecular formula is C14H17N3O2. The number of nitrogens with one attached hydrogen (secondary N) is 1. The van der Waals surface area contributed by atoms with E-state index in [0.29, 0.717) is 13.2 Å². The number of rotatable bonds is 4. The minimum absolute atomic E-state index is 0.667. The highest BCUT2D eigenvalue weighted by molar-refractivity contribution is 5.62. The van der Waals surface area contributed by atoms with Crippen molar-refractivity contribution in [3.05, 3.63) is 36.4 Å². The van der Waals surface area contributed by atoms with Crippen LogP contribution in [0.5, 0.6) is 11.5 Å². The number of aromatic amines is 1. The number of hydrogen-bond donors (Lipinski definition) is 1. The maximum atomic E-state index is 5.68. The van der Waals surface area contributed by atoms with Crippen molar-refractivity contribution < 1.29 is 9.47 Å². The number of imidazole rings is 1. The molecule has 5 heteroatoms. The van der Waals surface area contributed by atoms with E-state index in [-0.39, 0.29) is 0 Å². The number of nitrogens with zero attached hydrogens (tertiary/aromatic N) is 2. The summed E-state index contributed by atoms with van der Waals surface area (Å²) >= 11 is 0. The third-order valence-corrected chi connectivity index (χ3v) is 3.12. The van der Waals surface area contributed by atoms with Crippen molar-refractivity contribution in [3.8, 4) is 11.5 Å². The van der Waals surface area contributed by atoms with Gasteiger partial charge in [-0.25, -0.2) is 4.98 Å². The number of fused-ring (bicyclic) bond motifs is 1. The summed E-state index contributed by atoms with van der Waals surface area (Å²) in [6.07, 6.45) is 3.55. The molecule has 2 aromatic rings. The van der Waals surface area contributed by atoms with Gasteiger partial charge in [0.25, 0.3) is 0 Å². The van der Waals surface area contributed by atoms with Gasteiger partial charge < -0.3 is 19.4 Å². The van der Waals surface area contributed by atoms with Crippen LogP contribution in [0, 0.1) is 0 Å². The molecule has 19 heavy (non-hydrogen) atoms. The SMILES string of the molecule is CCOc1ccc2c(c1)N(Cc1cnc[nH]1)CCO2. The molecule has 0 saturated heterocycles. The predicted molar refractivity (Wildman–Crippen MR) is 72.7 cm³/mol. The lowest BCUT2D eigenvalue weighted by atomic mass is 10.2. The predicted octanol–water partition coefficient (Wildman–Crippen LogP) is 2.21. The summed E-state index contributed by atoms with van der Waals surface area (Å²) in [5, 5.41) is 0. The van der Waals surface area contributed by atoms with Crippen LogP contribution in [0.3, 0.4) is 0 Å². The summed E-state index contributed by atoms with van der Waals surface area (Å²) in [6.45, 7) is 5.02. The molecule has 0 radical (unpaired) electrons. The first-order valence-corrected chi connectivity index (χ1v) is 6.48. The maximum absolute atomic E-state index is 5.68. The fourth-order valence-corrected chi connectivity index (χ4v) is 2.25. The molecule has 1 aromatic heterocycles. The number of hydrogen-bond acceptors (Lipinski definition) is 4. The molecule has 0 aliphatic carbocycles. The van der Waals surface area contributed by atoms with Crippen LogP contribution in [0.25, 0.3) is 0 Å². The highest BCUT2D eigenvalue weighted by Crippen LogP contribution is 2.35. The van der Waals surface area contributed by atoms with Crippen LogP contribution in [-0.4, -0.2) is 29.7 Å². The summed E-state index contributed by atoms with van der Waals surface area (Å²) in [6, 6.07) is 5.95. The van der Waals surface area contributed by atoms with E-state index in [4.69, 9.17) is 9.47 Å². The molecule has 5 nitrogen and oxygen atoms in total. The molecule has 0 spiro atoms. The molecule has 1 aliphatic heterocycles. The van der Waals surface area contributed by atoms with Gasteiger partial charge in [-0.1, -0.05) is 0 Å². The fraction of sp³-hybridized carbons (Fsp3) is 0.357. The molecule has 0 unspecified atom stereocenters. The number of ether oxygens (including phenoxy) is 2. The third-order valence-electron chi connectivity index (χ3n) is 3.12. The summed E-state index contributed by atoms with van der Waals surface area (Å²) in [7, 11) is 0. The van der Waals surface area contributed by atoms with E-state index in [1.54, 1.807) is 6.33 Å². The van der Waals surface area contributed by atoms with Crippen LogP contribution in [-0.2, 0) is 6.54 Å². The standard InChI is InChI=1S/C14H17N3O2/c1-2-18-12-3-4-14-13(7-12)17(5-6-19-14)9-11-8-15-10-16-11/h3-4,7-8,10H,2,5-6,9H2,1H3,(H,15,16). The van der Waals surface area contributed by atoms with Gasteiger partial charge in [0.15, 0.2) is 0 Å². The first kappa shape index (κ1) is 11.9. The molecule has 0 bridgehead atoms. The van der Waals surface area contributed by atoms with Crippen LogP contribution in [0.4, 0.5) is 5.69 Å². The van der Waals surface area contributed by atoms with E-state index in [1.165, 1.54) is 0 Å². The van der Waals surface area contributed by atoms with E-state index in [0.717, 1.165) is 36.0 Å². The van der Waals surface area contributed by atoms with Gasteiger partial charge in [-0.3, -0.25) is 0 Å². The van der Waals surface area contributed by atoms with E-state index < -0.39 is 0 Å². The van der Waals surface area contributed by atoms with Crippen LogP contribution in [0.2, 0.25) is 0 Å². The largest absolute Gasteiger partial charge is 0.494 e. The van der Waals surface area contributed by atoms with Gasteiger partial charge in [0.2, 0.25) is 0 Å². The number of aromatic nitrogens is 2. The molecule has 0 atom stereocenters. The second-order valence-electron chi connectivity index (χ2n) is 4.41. The molecular weight excluding hydrogens is 242 g/mol. The third kappa shape index (κ3) is 2.50. The second-order valence-corrected chi connectivity index (χ2v) is 4.41. The molecule has 3 rings (SSSR count). The van der Waals surface area contributed by atoms with Crippen LogP contribution >= 0.6 is 0 Å².